The summed E-state index contributed by atoms with van der Waals surface area (Å²) in [5.74, 6) is 0. The van der Waals surface area contributed by atoms with E-state index in [1.807, 2.05) is 0 Å². The van der Waals surface area contributed by atoms with Crippen LogP contribution in [0.3, 0.4) is 0 Å². The second-order valence-electron chi connectivity index (χ2n) is 8.79. The van der Waals surface area contributed by atoms with E-state index in [2.05, 4.69) is 6.92 Å². The van der Waals surface area contributed by atoms with Crippen LogP contribution in [0.25, 0.3) is 0 Å². The number of unbranched alkanes of at least 4 members (excludes halogenated alkanes) is 15. The molecule has 4 nitrogen and oxygen atoms in total. The van der Waals surface area contributed by atoms with Crippen LogP contribution in [0.1, 0.15) is 130 Å². The predicted molar refractivity (Wildman–Crippen MR) is 114 cm³/mol. The molecule has 0 radical (unpaired) electrons. The number of rotatable bonds is 19. The Hall–Kier alpha value is 1.11. The minimum atomic E-state index is -4.15. The van der Waals surface area contributed by atoms with Crippen LogP contribution in [0.4, 0.5) is 0 Å². The molecule has 0 N–H and O–H groups in total. The topological polar surface area (TPSA) is 58.6 Å². The van der Waals surface area contributed by atoms with E-state index in [4.69, 9.17) is 9.05 Å². The van der Waals surface area contributed by atoms with Crippen molar-refractivity contribution in [1.82, 2.24) is 0 Å². The second kappa shape index (κ2) is 20.0. The third-order valence-corrected chi connectivity index (χ3v) is 5.90. The first-order valence-electron chi connectivity index (χ1n) is 11.4. The summed E-state index contributed by atoms with van der Waals surface area (Å²) in [6.07, 6.45) is 20.8. The molecule has 1 atom stereocenters. The standard InChI is InChI=1S/C22H47O4P.Na/c1-5-6-7-8-9-10-11-12-13-14-15-16-17-18-19-20-21-25-27(23,24)26-22(2,3)4;/h5-21H2,1-4H3,(H,23,24);/q;+1/p-1. The van der Waals surface area contributed by atoms with Crippen molar-refractivity contribution in [3.63, 3.8) is 0 Å². The second-order valence-corrected chi connectivity index (χ2v) is 10.1. The van der Waals surface area contributed by atoms with Crippen molar-refractivity contribution in [1.29, 1.82) is 0 Å². The van der Waals surface area contributed by atoms with E-state index in [9.17, 15) is 9.46 Å². The molecule has 0 heterocycles. The Bertz CT molecular complexity index is 372. The van der Waals surface area contributed by atoms with Crippen LogP contribution in [-0.2, 0) is 13.6 Å². The first kappa shape index (κ1) is 31.3. The molecule has 0 spiro atoms. The van der Waals surface area contributed by atoms with Crippen LogP contribution in [-0.4, -0.2) is 12.2 Å². The largest absolute Gasteiger partial charge is 1.00 e. The quantitative estimate of drug-likeness (QED) is 0.172. The SMILES string of the molecule is CCCCCCCCCCCCCCCCCCOP(=O)([O-])OC(C)(C)C.[Na+]. The van der Waals surface area contributed by atoms with Crippen LogP contribution in [0.2, 0.25) is 0 Å². The van der Waals surface area contributed by atoms with Crippen molar-refractivity contribution in [2.45, 2.75) is 136 Å². The fourth-order valence-corrected chi connectivity index (χ4v) is 4.26. The Labute approximate surface area is 197 Å². The maximum absolute atomic E-state index is 11.6. The van der Waals surface area contributed by atoms with Gasteiger partial charge in [0.05, 0.1) is 12.2 Å². The zero-order chi connectivity index (χ0) is 20.4. The molecule has 164 valence electrons. The molecule has 0 aromatic carbocycles. The van der Waals surface area contributed by atoms with Gasteiger partial charge < -0.3 is 13.9 Å². The van der Waals surface area contributed by atoms with Gasteiger partial charge in [-0.3, -0.25) is 4.57 Å². The molecule has 0 aliphatic carbocycles. The average molecular weight is 429 g/mol. The number of phosphoric acid groups is 1. The van der Waals surface area contributed by atoms with Crippen molar-refractivity contribution in [3.05, 3.63) is 0 Å². The summed E-state index contributed by atoms with van der Waals surface area (Å²) in [7, 11) is -4.15. The van der Waals surface area contributed by atoms with Gasteiger partial charge in [0.15, 0.2) is 0 Å². The number of hydrogen-bond acceptors (Lipinski definition) is 4. The molecule has 6 heteroatoms. The van der Waals surface area contributed by atoms with E-state index in [1.54, 1.807) is 20.8 Å². The van der Waals surface area contributed by atoms with Gasteiger partial charge in [0, 0.05) is 0 Å². The molecule has 0 aliphatic heterocycles. The van der Waals surface area contributed by atoms with E-state index in [1.165, 1.54) is 83.5 Å². The summed E-state index contributed by atoms with van der Waals surface area (Å²) in [6.45, 7) is 7.61. The van der Waals surface area contributed by atoms with Crippen LogP contribution >= 0.6 is 7.82 Å². The van der Waals surface area contributed by atoms with Gasteiger partial charge in [-0.1, -0.05) is 103 Å². The van der Waals surface area contributed by atoms with Crippen LogP contribution < -0.4 is 34.5 Å². The molecular weight excluding hydrogens is 382 g/mol. The summed E-state index contributed by atoms with van der Waals surface area (Å²) in [5.41, 5.74) is -0.730. The third-order valence-electron chi connectivity index (χ3n) is 4.63. The molecule has 0 saturated heterocycles. The first-order chi connectivity index (χ1) is 12.8. The summed E-state index contributed by atoms with van der Waals surface area (Å²) >= 11 is 0. The Balaban J connectivity index is 0. The van der Waals surface area contributed by atoms with Crippen molar-refractivity contribution in [2.75, 3.05) is 6.61 Å². The summed E-state index contributed by atoms with van der Waals surface area (Å²) in [4.78, 5) is 11.6. The molecule has 0 aromatic rings. The fraction of sp³-hybridized carbons (Fsp3) is 1.00. The van der Waals surface area contributed by atoms with Gasteiger partial charge in [0.1, 0.15) is 0 Å². The van der Waals surface area contributed by atoms with Gasteiger partial charge in [0.25, 0.3) is 7.82 Å². The number of phosphoric ester groups is 1. The Morgan fingerprint density at radius 1 is 0.679 bits per heavy atom. The summed E-state index contributed by atoms with van der Waals surface area (Å²) in [5, 5.41) is 0. The summed E-state index contributed by atoms with van der Waals surface area (Å²) < 4.78 is 21.4. The molecule has 0 saturated carbocycles. The molecular formula is C22H46NaO4P. The van der Waals surface area contributed by atoms with Crippen LogP contribution in [0.15, 0.2) is 0 Å². The number of hydrogen-bond donors (Lipinski definition) is 0. The molecule has 0 amide bonds. The average Bonchev–Trinajstić information content (AvgIpc) is 2.55. The molecule has 0 aromatic heterocycles. The van der Waals surface area contributed by atoms with E-state index in [-0.39, 0.29) is 36.2 Å². The van der Waals surface area contributed by atoms with Crippen molar-refractivity contribution < 1.29 is 48.1 Å². The molecule has 1 unspecified atom stereocenters. The van der Waals surface area contributed by atoms with E-state index in [0.29, 0.717) is 0 Å². The molecule has 0 bridgehead atoms. The van der Waals surface area contributed by atoms with Crippen LogP contribution in [0.5, 0.6) is 0 Å². The molecule has 28 heavy (non-hydrogen) atoms. The van der Waals surface area contributed by atoms with Crippen molar-refractivity contribution in [3.8, 4) is 0 Å². The van der Waals surface area contributed by atoms with Gasteiger partial charge in [-0.05, 0) is 27.2 Å². The van der Waals surface area contributed by atoms with Gasteiger partial charge >= 0.3 is 29.6 Å². The zero-order valence-electron chi connectivity index (χ0n) is 19.6. The van der Waals surface area contributed by atoms with Crippen molar-refractivity contribution >= 4 is 7.82 Å². The van der Waals surface area contributed by atoms with Gasteiger partial charge in [0.2, 0.25) is 0 Å². The summed E-state index contributed by atoms with van der Waals surface area (Å²) in [6, 6.07) is 0. The first-order valence-corrected chi connectivity index (χ1v) is 12.9. The van der Waals surface area contributed by atoms with Crippen LogP contribution in [0, 0.1) is 0 Å². The minimum absolute atomic E-state index is 0. The Kier molecular flexibility index (Phi) is 22.4. The minimum Gasteiger partial charge on any atom is -0.756 e. The zero-order valence-corrected chi connectivity index (χ0v) is 22.5. The Morgan fingerprint density at radius 3 is 1.32 bits per heavy atom. The van der Waals surface area contributed by atoms with Crippen molar-refractivity contribution in [2.24, 2.45) is 0 Å². The molecule has 0 fully saturated rings. The predicted octanol–water partition coefficient (Wildman–Crippen LogP) is 4.55. The maximum Gasteiger partial charge on any atom is 1.00 e. The van der Waals surface area contributed by atoms with Gasteiger partial charge in [-0.2, -0.15) is 0 Å². The molecule has 0 rings (SSSR count). The normalized spacial score (nSPS) is 13.9. The smallest absolute Gasteiger partial charge is 0.756 e. The van der Waals surface area contributed by atoms with E-state index < -0.39 is 13.4 Å². The van der Waals surface area contributed by atoms with E-state index >= 15 is 0 Å². The van der Waals surface area contributed by atoms with Gasteiger partial charge in [-0.25, -0.2) is 0 Å². The van der Waals surface area contributed by atoms with E-state index in [0.717, 1.165) is 19.3 Å². The third kappa shape index (κ3) is 25.1. The monoisotopic (exact) mass is 428 g/mol. The molecule has 0 aliphatic rings. The van der Waals surface area contributed by atoms with Gasteiger partial charge in [-0.15, -0.1) is 0 Å². The Morgan fingerprint density at radius 2 is 1.00 bits per heavy atom. The maximum atomic E-state index is 11.6. The fourth-order valence-electron chi connectivity index (χ4n) is 3.19.